The molecule has 0 aliphatic rings. The smallest absolute Gasteiger partial charge is 0.260 e. The van der Waals surface area contributed by atoms with Gasteiger partial charge in [-0.3, -0.25) is 9.59 Å². The molecule has 0 aliphatic carbocycles. The van der Waals surface area contributed by atoms with Crippen LogP contribution in [0.15, 0.2) is 36.5 Å². The summed E-state index contributed by atoms with van der Waals surface area (Å²) in [5.41, 5.74) is 1.24. The number of anilines is 3. The number of halogens is 2. The first-order chi connectivity index (χ1) is 13.8. The molecule has 0 fully saturated rings. The Bertz CT molecular complexity index is 1080. The number of nitrogens with one attached hydrogen (secondary N) is 2. The third kappa shape index (κ3) is 4.54. The van der Waals surface area contributed by atoms with E-state index in [-0.39, 0.29) is 17.2 Å². The second-order valence-electron chi connectivity index (χ2n) is 6.31. The standard InChI is InChI=1S/C19H17F2N5O2S/c1-10-16(17(27)23-12-4-5-13(20)14(21)9-12)18(29-25-10)24-15-8-11(6-7-22-15)19(28)26(2)3/h4-9H,1-3H3,(H,22,24)(H,23,27). The highest BCUT2D eigenvalue weighted by Gasteiger charge is 2.20. The molecule has 3 aromatic rings. The summed E-state index contributed by atoms with van der Waals surface area (Å²) in [6.07, 6.45) is 1.48. The van der Waals surface area contributed by atoms with Crippen LogP contribution in [0.1, 0.15) is 26.4 Å². The lowest BCUT2D eigenvalue weighted by molar-refractivity contribution is 0.0827. The van der Waals surface area contributed by atoms with E-state index >= 15 is 0 Å². The van der Waals surface area contributed by atoms with Crippen molar-refractivity contribution in [2.45, 2.75) is 6.92 Å². The Morgan fingerprint density at radius 2 is 1.86 bits per heavy atom. The minimum atomic E-state index is -1.06. The molecule has 0 unspecified atom stereocenters. The van der Waals surface area contributed by atoms with Crippen molar-refractivity contribution in [1.29, 1.82) is 0 Å². The molecule has 0 saturated carbocycles. The molecule has 2 aromatic heterocycles. The van der Waals surface area contributed by atoms with E-state index in [2.05, 4.69) is 20.0 Å². The van der Waals surface area contributed by atoms with Crippen molar-refractivity contribution in [3.63, 3.8) is 0 Å². The molecule has 2 amide bonds. The monoisotopic (exact) mass is 417 g/mol. The quantitative estimate of drug-likeness (QED) is 0.659. The molecule has 0 spiro atoms. The normalized spacial score (nSPS) is 10.5. The molecule has 2 N–H and O–H groups in total. The van der Waals surface area contributed by atoms with E-state index in [9.17, 15) is 18.4 Å². The molecule has 29 heavy (non-hydrogen) atoms. The zero-order valence-electron chi connectivity index (χ0n) is 15.8. The number of benzene rings is 1. The summed E-state index contributed by atoms with van der Waals surface area (Å²) in [5, 5.41) is 5.92. The fourth-order valence-corrected chi connectivity index (χ4v) is 3.30. The van der Waals surface area contributed by atoms with Crippen molar-refractivity contribution < 1.29 is 18.4 Å². The Morgan fingerprint density at radius 3 is 2.55 bits per heavy atom. The summed E-state index contributed by atoms with van der Waals surface area (Å²) >= 11 is 1.04. The molecule has 0 atom stereocenters. The van der Waals surface area contributed by atoms with Crippen LogP contribution in [-0.2, 0) is 0 Å². The number of hydrogen-bond acceptors (Lipinski definition) is 6. The van der Waals surface area contributed by atoms with Crippen molar-refractivity contribution in [3.05, 3.63) is 65.0 Å². The van der Waals surface area contributed by atoms with Crippen LogP contribution in [0.25, 0.3) is 0 Å². The highest BCUT2D eigenvalue weighted by atomic mass is 32.1. The lowest BCUT2D eigenvalue weighted by atomic mass is 10.2. The summed E-state index contributed by atoms with van der Waals surface area (Å²) in [5.74, 6) is -2.43. The molecular weight excluding hydrogens is 400 g/mol. The van der Waals surface area contributed by atoms with Crippen LogP contribution in [0.4, 0.5) is 25.3 Å². The fraction of sp³-hybridized carbons (Fsp3) is 0.158. The van der Waals surface area contributed by atoms with Crippen LogP contribution < -0.4 is 10.6 Å². The number of hydrogen-bond donors (Lipinski definition) is 2. The summed E-state index contributed by atoms with van der Waals surface area (Å²) < 4.78 is 30.6. The van der Waals surface area contributed by atoms with Gasteiger partial charge in [0.1, 0.15) is 10.8 Å². The van der Waals surface area contributed by atoms with Gasteiger partial charge in [-0.05, 0) is 42.7 Å². The van der Waals surface area contributed by atoms with Gasteiger partial charge in [0.2, 0.25) is 0 Å². The lowest BCUT2D eigenvalue weighted by Gasteiger charge is -2.12. The van der Waals surface area contributed by atoms with Gasteiger partial charge in [-0.25, -0.2) is 13.8 Å². The van der Waals surface area contributed by atoms with E-state index in [1.165, 1.54) is 17.2 Å². The summed E-state index contributed by atoms with van der Waals surface area (Å²) in [6, 6.07) is 6.24. The molecule has 2 heterocycles. The molecule has 150 valence electrons. The van der Waals surface area contributed by atoms with Crippen LogP contribution in [0.2, 0.25) is 0 Å². The van der Waals surface area contributed by atoms with Gasteiger partial charge >= 0.3 is 0 Å². The fourth-order valence-electron chi connectivity index (χ4n) is 2.50. The van der Waals surface area contributed by atoms with Gasteiger partial charge in [0.15, 0.2) is 11.6 Å². The van der Waals surface area contributed by atoms with Crippen LogP contribution in [0.5, 0.6) is 0 Å². The van der Waals surface area contributed by atoms with Gasteiger partial charge in [-0.2, -0.15) is 4.37 Å². The average Bonchev–Trinajstić information content (AvgIpc) is 3.04. The van der Waals surface area contributed by atoms with Crippen LogP contribution in [0, 0.1) is 18.6 Å². The number of nitrogens with zero attached hydrogens (tertiary/aromatic N) is 3. The number of amides is 2. The second kappa shape index (κ2) is 8.31. The maximum atomic E-state index is 13.4. The van der Waals surface area contributed by atoms with E-state index < -0.39 is 17.5 Å². The van der Waals surface area contributed by atoms with Crippen molar-refractivity contribution in [2.24, 2.45) is 0 Å². The first-order valence-electron chi connectivity index (χ1n) is 8.43. The van der Waals surface area contributed by atoms with Gasteiger partial charge in [-0.1, -0.05) is 0 Å². The second-order valence-corrected chi connectivity index (χ2v) is 7.08. The molecule has 3 rings (SSSR count). The molecular formula is C19H17F2N5O2S. The SMILES string of the molecule is Cc1nsc(Nc2cc(C(=O)N(C)C)ccn2)c1C(=O)Nc1ccc(F)c(F)c1. The predicted octanol–water partition coefficient (Wildman–Crippen LogP) is 3.82. The number of carbonyl (C=O) groups excluding carboxylic acids is 2. The topological polar surface area (TPSA) is 87.2 Å². The van der Waals surface area contributed by atoms with Crippen molar-refractivity contribution in [3.8, 4) is 0 Å². The van der Waals surface area contributed by atoms with Gasteiger partial charge < -0.3 is 15.5 Å². The first-order valence-corrected chi connectivity index (χ1v) is 9.21. The Kier molecular flexibility index (Phi) is 5.83. The summed E-state index contributed by atoms with van der Waals surface area (Å²) in [7, 11) is 3.28. The third-order valence-corrected chi connectivity index (χ3v) is 4.78. The maximum absolute atomic E-state index is 13.4. The first kappa shape index (κ1) is 20.3. The number of aryl methyl sites for hydroxylation is 1. The number of rotatable bonds is 5. The Labute approximate surface area is 169 Å². The lowest BCUT2D eigenvalue weighted by Crippen LogP contribution is -2.21. The number of carbonyl (C=O) groups is 2. The molecule has 0 bridgehead atoms. The Balaban J connectivity index is 1.84. The zero-order chi connectivity index (χ0) is 21.1. The largest absolute Gasteiger partial charge is 0.345 e. The minimum absolute atomic E-state index is 0.113. The Hall–Kier alpha value is -3.40. The highest BCUT2D eigenvalue weighted by molar-refractivity contribution is 7.10. The van der Waals surface area contributed by atoms with E-state index in [1.54, 1.807) is 33.2 Å². The molecule has 7 nitrogen and oxygen atoms in total. The molecule has 0 saturated heterocycles. The van der Waals surface area contributed by atoms with Crippen molar-refractivity contribution in [1.82, 2.24) is 14.3 Å². The average molecular weight is 417 g/mol. The van der Waals surface area contributed by atoms with Crippen molar-refractivity contribution in [2.75, 3.05) is 24.7 Å². The van der Waals surface area contributed by atoms with E-state index in [0.29, 0.717) is 22.1 Å². The van der Waals surface area contributed by atoms with E-state index in [4.69, 9.17) is 0 Å². The van der Waals surface area contributed by atoms with Gasteiger partial charge in [-0.15, -0.1) is 0 Å². The van der Waals surface area contributed by atoms with Crippen LogP contribution >= 0.6 is 11.5 Å². The predicted molar refractivity (Wildman–Crippen MR) is 107 cm³/mol. The molecule has 0 aliphatic heterocycles. The zero-order valence-corrected chi connectivity index (χ0v) is 16.6. The number of aromatic nitrogens is 2. The summed E-state index contributed by atoms with van der Waals surface area (Å²) in [4.78, 5) is 30.4. The molecule has 0 radical (unpaired) electrons. The molecule has 1 aromatic carbocycles. The molecule has 10 heteroatoms. The van der Waals surface area contributed by atoms with Crippen molar-refractivity contribution >= 4 is 39.9 Å². The van der Waals surface area contributed by atoms with Gasteiger partial charge in [0, 0.05) is 37.6 Å². The Morgan fingerprint density at radius 1 is 1.10 bits per heavy atom. The minimum Gasteiger partial charge on any atom is -0.345 e. The van der Waals surface area contributed by atoms with Gasteiger partial charge in [0.05, 0.1) is 11.3 Å². The summed E-state index contributed by atoms with van der Waals surface area (Å²) in [6.45, 7) is 1.65. The van der Waals surface area contributed by atoms with Gasteiger partial charge in [0.25, 0.3) is 11.8 Å². The maximum Gasteiger partial charge on any atom is 0.260 e. The van der Waals surface area contributed by atoms with Crippen LogP contribution in [0.3, 0.4) is 0 Å². The highest BCUT2D eigenvalue weighted by Crippen LogP contribution is 2.28. The third-order valence-electron chi connectivity index (χ3n) is 3.92. The van der Waals surface area contributed by atoms with E-state index in [0.717, 1.165) is 23.7 Å². The number of pyridine rings is 1. The van der Waals surface area contributed by atoms with E-state index in [1.807, 2.05) is 0 Å². The van der Waals surface area contributed by atoms with Crippen LogP contribution in [-0.4, -0.2) is 40.2 Å².